The van der Waals surface area contributed by atoms with Crippen molar-refractivity contribution in [2.75, 3.05) is 6.26 Å². The number of halogens is 2. The number of rotatable bonds is 5. The summed E-state index contributed by atoms with van der Waals surface area (Å²) in [5.41, 5.74) is -0.176. The Morgan fingerprint density at radius 3 is 2.38 bits per heavy atom. The van der Waals surface area contributed by atoms with Crippen LogP contribution in [0.3, 0.4) is 0 Å². The predicted molar refractivity (Wildman–Crippen MR) is 79.0 cm³/mol. The summed E-state index contributed by atoms with van der Waals surface area (Å²) < 4.78 is 31.9. The average molecular weight is 308 g/mol. The van der Waals surface area contributed by atoms with Gasteiger partial charge in [-0.15, -0.1) is 11.8 Å². The van der Waals surface area contributed by atoms with E-state index >= 15 is 0 Å². The highest BCUT2D eigenvalue weighted by atomic mass is 32.2. The quantitative estimate of drug-likeness (QED) is 0.607. The molecule has 0 radical (unpaired) electrons. The van der Waals surface area contributed by atoms with Gasteiger partial charge in [0, 0.05) is 11.0 Å². The predicted octanol–water partition coefficient (Wildman–Crippen LogP) is 4.34. The van der Waals surface area contributed by atoms with Gasteiger partial charge >= 0.3 is 0 Å². The molecule has 1 unspecified atom stereocenters. The van der Waals surface area contributed by atoms with Crippen LogP contribution in [-0.2, 0) is 0 Å². The Morgan fingerprint density at radius 2 is 1.81 bits per heavy atom. The fraction of sp³-hybridized carbons (Fsp3) is 0.188. The number of hydrogen-bond acceptors (Lipinski definition) is 3. The van der Waals surface area contributed by atoms with Crippen LogP contribution in [0.1, 0.15) is 17.3 Å². The van der Waals surface area contributed by atoms with Crippen LogP contribution >= 0.6 is 11.8 Å². The molecular weight excluding hydrogens is 294 g/mol. The first-order chi connectivity index (χ1) is 10.0. The van der Waals surface area contributed by atoms with Crippen molar-refractivity contribution in [3.63, 3.8) is 0 Å². The highest BCUT2D eigenvalue weighted by molar-refractivity contribution is 7.98. The molecule has 0 bridgehead atoms. The Bertz CT molecular complexity index is 641. The summed E-state index contributed by atoms with van der Waals surface area (Å²) >= 11 is 1.60. The van der Waals surface area contributed by atoms with E-state index in [1.807, 2.05) is 18.4 Å². The third kappa shape index (κ3) is 3.82. The molecule has 5 heteroatoms. The fourth-order valence-electron chi connectivity index (χ4n) is 1.82. The molecule has 1 atom stereocenters. The van der Waals surface area contributed by atoms with Gasteiger partial charge in [0.2, 0.25) is 5.78 Å². The van der Waals surface area contributed by atoms with Gasteiger partial charge in [0.25, 0.3) is 0 Å². The Hall–Kier alpha value is -1.88. The molecule has 0 aliphatic rings. The van der Waals surface area contributed by atoms with Gasteiger partial charge in [-0.2, -0.15) is 0 Å². The van der Waals surface area contributed by atoms with Gasteiger partial charge in [-0.05, 0) is 49.6 Å². The minimum absolute atomic E-state index is 0.176. The third-order valence-corrected chi connectivity index (χ3v) is 3.68. The summed E-state index contributed by atoms with van der Waals surface area (Å²) in [6, 6.07) is 10.1. The molecule has 0 N–H and O–H groups in total. The number of ether oxygens (including phenoxy) is 1. The van der Waals surface area contributed by atoms with Gasteiger partial charge in [-0.3, -0.25) is 4.79 Å². The maximum atomic E-state index is 13.6. The maximum Gasteiger partial charge on any atom is 0.205 e. The summed E-state index contributed by atoms with van der Waals surface area (Å²) in [4.78, 5) is 13.2. The van der Waals surface area contributed by atoms with Gasteiger partial charge < -0.3 is 4.74 Å². The van der Waals surface area contributed by atoms with Crippen molar-refractivity contribution in [1.82, 2.24) is 0 Å². The van der Waals surface area contributed by atoms with Crippen molar-refractivity contribution < 1.29 is 18.3 Å². The first-order valence-electron chi connectivity index (χ1n) is 6.31. The summed E-state index contributed by atoms with van der Waals surface area (Å²) in [7, 11) is 0. The molecule has 2 rings (SSSR count). The number of carbonyl (C=O) groups excluding carboxylic acids is 1. The molecule has 21 heavy (non-hydrogen) atoms. The molecule has 2 nitrogen and oxygen atoms in total. The van der Waals surface area contributed by atoms with E-state index in [0.717, 1.165) is 17.0 Å². The highest BCUT2D eigenvalue weighted by Gasteiger charge is 2.20. The number of hydrogen-bond donors (Lipinski definition) is 0. The van der Waals surface area contributed by atoms with E-state index in [0.29, 0.717) is 11.8 Å². The molecule has 0 spiro atoms. The zero-order chi connectivity index (χ0) is 15.4. The van der Waals surface area contributed by atoms with Gasteiger partial charge in [-0.1, -0.05) is 0 Å². The van der Waals surface area contributed by atoms with Crippen LogP contribution in [-0.4, -0.2) is 18.1 Å². The number of ketones is 1. The van der Waals surface area contributed by atoms with Crippen molar-refractivity contribution in [3.05, 3.63) is 59.7 Å². The van der Waals surface area contributed by atoms with Crippen LogP contribution in [0, 0.1) is 11.6 Å². The zero-order valence-electron chi connectivity index (χ0n) is 11.6. The number of benzene rings is 2. The first-order valence-corrected chi connectivity index (χ1v) is 7.53. The largest absolute Gasteiger partial charge is 0.483 e. The summed E-state index contributed by atoms with van der Waals surface area (Å²) in [5, 5.41) is 0. The fourth-order valence-corrected chi connectivity index (χ4v) is 2.23. The van der Waals surface area contributed by atoms with E-state index in [2.05, 4.69) is 0 Å². The van der Waals surface area contributed by atoms with Crippen LogP contribution in [0.15, 0.2) is 47.4 Å². The van der Waals surface area contributed by atoms with Gasteiger partial charge in [0.1, 0.15) is 17.4 Å². The second-order valence-electron chi connectivity index (χ2n) is 4.42. The summed E-state index contributed by atoms with van der Waals surface area (Å²) in [6.07, 6.45) is 1.10. The molecule has 0 amide bonds. The topological polar surface area (TPSA) is 26.3 Å². The number of carbonyl (C=O) groups is 1. The van der Waals surface area contributed by atoms with Gasteiger partial charge in [0.05, 0.1) is 5.56 Å². The molecule has 2 aromatic rings. The molecule has 0 heterocycles. The molecule has 0 aliphatic heterocycles. The van der Waals surface area contributed by atoms with Crippen LogP contribution in [0.5, 0.6) is 5.75 Å². The van der Waals surface area contributed by atoms with Crippen LogP contribution in [0.2, 0.25) is 0 Å². The minimum atomic E-state index is -0.881. The van der Waals surface area contributed by atoms with E-state index in [4.69, 9.17) is 4.74 Å². The van der Waals surface area contributed by atoms with E-state index in [1.54, 1.807) is 23.9 Å². The van der Waals surface area contributed by atoms with E-state index in [9.17, 15) is 13.6 Å². The zero-order valence-corrected chi connectivity index (χ0v) is 12.4. The molecule has 0 saturated carbocycles. The molecule has 2 aromatic carbocycles. The van der Waals surface area contributed by atoms with Crippen LogP contribution in [0.4, 0.5) is 8.78 Å². The number of Topliss-reactive ketones (excluding diaryl/α,β-unsaturated/α-hetero) is 1. The van der Waals surface area contributed by atoms with Crippen molar-refractivity contribution in [1.29, 1.82) is 0 Å². The molecule has 0 aliphatic carbocycles. The van der Waals surface area contributed by atoms with E-state index in [-0.39, 0.29) is 5.56 Å². The van der Waals surface area contributed by atoms with Crippen LogP contribution < -0.4 is 4.74 Å². The molecular formula is C16H14F2O2S. The maximum absolute atomic E-state index is 13.6. The second kappa shape index (κ2) is 6.72. The van der Waals surface area contributed by atoms with Gasteiger partial charge in [0.15, 0.2) is 6.10 Å². The lowest BCUT2D eigenvalue weighted by Gasteiger charge is -2.14. The van der Waals surface area contributed by atoms with Gasteiger partial charge in [-0.25, -0.2) is 8.78 Å². The monoisotopic (exact) mass is 308 g/mol. The van der Waals surface area contributed by atoms with Crippen molar-refractivity contribution in [2.45, 2.75) is 17.9 Å². The lowest BCUT2D eigenvalue weighted by molar-refractivity contribution is 0.0813. The first kappa shape index (κ1) is 15.5. The molecule has 0 aromatic heterocycles. The van der Waals surface area contributed by atoms with E-state index < -0.39 is 23.5 Å². The molecule has 110 valence electrons. The summed E-state index contributed by atoms with van der Waals surface area (Å²) in [5.74, 6) is -1.60. The average Bonchev–Trinajstić information content (AvgIpc) is 2.47. The molecule has 0 fully saturated rings. The standard InChI is InChI=1S/C16H14F2O2S/c1-10(20-12-4-6-13(21-2)7-5-12)16(19)14-8-3-11(17)9-15(14)18/h3-10H,1-2H3. The van der Waals surface area contributed by atoms with Crippen molar-refractivity contribution >= 4 is 17.5 Å². The SMILES string of the molecule is CSc1ccc(OC(C)C(=O)c2ccc(F)cc2F)cc1. The third-order valence-electron chi connectivity index (χ3n) is 2.94. The highest BCUT2D eigenvalue weighted by Crippen LogP contribution is 2.21. The number of thioether (sulfide) groups is 1. The molecule has 0 saturated heterocycles. The minimum Gasteiger partial charge on any atom is -0.483 e. The van der Waals surface area contributed by atoms with E-state index in [1.165, 1.54) is 6.92 Å². The lowest BCUT2D eigenvalue weighted by Crippen LogP contribution is -2.24. The Balaban J connectivity index is 2.11. The lowest BCUT2D eigenvalue weighted by atomic mass is 10.1. The smallest absolute Gasteiger partial charge is 0.205 e. The van der Waals surface area contributed by atoms with Crippen LogP contribution in [0.25, 0.3) is 0 Å². The second-order valence-corrected chi connectivity index (χ2v) is 5.30. The summed E-state index contributed by atoms with van der Waals surface area (Å²) in [6.45, 7) is 1.54. The normalized spacial score (nSPS) is 12.0. The van der Waals surface area contributed by atoms with Crippen molar-refractivity contribution in [2.24, 2.45) is 0 Å². The Kier molecular flexibility index (Phi) is 4.96. The van der Waals surface area contributed by atoms with Crippen molar-refractivity contribution in [3.8, 4) is 5.75 Å². The Labute approximate surface area is 126 Å². The Morgan fingerprint density at radius 1 is 1.14 bits per heavy atom.